The van der Waals surface area contributed by atoms with Gasteiger partial charge in [0.25, 0.3) is 0 Å². The van der Waals surface area contributed by atoms with E-state index in [9.17, 15) is 9.59 Å². The third kappa shape index (κ3) is 4.34. The number of benzene rings is 2. The van der Waals surface area contributed by atoms with E-state index in [0.717, 1.165) is 22.4 Å². The molecule has 38 heavy (non-hydrogen) atoms. The molecule has 0 atom stereocenters. The molecule has 0 saturated heterocycles. The summed E-state index contributed by atoms with van der Waals surface area (Å²) in [6.07, 6.45) is 1.48. The molecule has 0 fully saturated rings. The Morgan fingerprint density at radius 2 is 1.79 bits per heavy atom. The molecule has 1 amide bonds. The molecule has 3 heterocycles. The van der Waals surface area contributed by atoms with Crippen LogP contribution >= 0.6 is 23.2 Å². The number of carbonyl (C=O) groups is 1. The van der Waals surface area contributed by atoms with Crippen molar-refractivity contribution >= 4 is 63.3 Å². The van der Waals surface area contributed by atoms with Crippen LogP contribution in [0.15, 0.2) is 47.4 Å². The van der Waals surface area contributed by atoms with Crippen LogP contribution in [-0.2, 0) is 10.2 Å². The number of nitrogens with two attached hydrogens (primary N) is 1. The molecule has 2 aromatic heterocycles. The zero-order valence-electron chi connectivity index (χ0n) is 21.3. The number of nitrogens with zero attached hydrogens (tertiary/aromatic N) is 6. The fourth-order valence-electron chi connectivity index (χ4n) is 4.54. The van der Waals surface area contributed by atoms with Crippen molar-refractivity contribution in [3.8, 4) is 5.69 Å². The molecular formula is C26H26Cl2N8O2. The number of carbonyl (C=O) groups excluding carboxylic acids is 1. The summed E-state index contributed by atoms with van der Waals surface area (Å²) in [5, 5.41) is 4.03. The number of hydrogen-bond donors (Lipinski definition) is 2. The van der Waals surface area contributed by atoms with Crippen LogP contribution in [0.25, 0.3) is 16.7 Å². The average molecular weight is 553 g/mol. The molecule has 10 nitrogen and oxygen atoms in total. The first-order valence-electron chi connectivity index (χ1n) is 11.9. The second-order valence-corrected chi connectivity index (χ2v) is 10.7. The van der Waals surface area contributed by atoms with Crippen molar-refractivity contribution in [1.82, 2.24) is 24.4 Å². The van der Waals surface area contributed by atoms with Crippen molar-refractivity contribution in [3.63, 3.8) is 0 Å². The third-order valence-electron chi connectivity index (χ3n) is 6.61. The van der Waals surface area contributed by atoms with Gasteiger partial charge in [0.15, 0.2) is 5.65 Å². The number of rotatable bonds is 6. The van der Waals surface area contributed by atoms with Gasteiger partial charge in [-0.2, -0.15) is 9.97 Å². The van der Waals surface area contributed by atoms with Gasteiger partial charge in [0.2, 0.25) is 11.9 Å². The van der Waals surface area contributed by atoms with Crippen LogP contribution in [0.1, 0.15) is 19.4 Å². The lowest BCUT2D eigenvalue weighted by atomic mass is 9.86. The lowest BCUT2D eigenvalue weighted by Crippen LogP contribution is -2.39. The lowest BCUT2D eigenvalue weighted by molar-refractivity contribution is -0.122. The maximum atomic E-state index is 13.1. The summed E-state index contributed by atoms with van der Waals surface area (Å²) in [6.45, 7) is 5.20. The largest absolute Gasteiger partial charge is 0.384 e. The molecule has 4 aromatic rings. The monoisotopic (exact) mass is 552 g/mol. The van der Waals surface area contributed by atoms with E-state index in [2.05, 4.69) is 20.3 Å². The quantitative estimate of drug-likeness (QED) is 0.368. The summed E-state index contributed by atoms with van der Waals surface area (Å²) in [5.74, 6) is 0.351. The summed E-state index contributed by atoms with van der Waals surface area (Å²) in [7, 11) is 3.96. The van der Waals surface area contributed by atoms with Gasteiger partial charge in [0, 0.05) is 30.7 Å². The van der Waals surface area contributed by atoms with Crippen LogP contribution < -0.4 is 21.6 Å². The second kappa shape index (κ2) is 9.54. The summed E-state index contributed by atoms with van der Waals surface area (Å²) < 4.78 is 1.14. The van der Waals surface area contributed by atoms with E-state index in [-0.39, 0.29) is 39.1 Å². The van der Waals surface area contributed by atoms with Crippen molar-refractivity contribution in [1.29, 1.82) is 0 Å². The first-order chi connectivity index (χ1) is 18.0. The average Bonchev–Trinajstić information content (AvgIpc) is 3.04. The number of amides is 1. The zero-order valence-corrected chi connectivity index (χ0v) is 22.8. The van der Waals surface area contributed by atoms with Gasteiger partial charge in [-0.25, -0.2) is 14.3 Å². The van der Waals surface area contributed by atoms with Gasteiger partial charge in [-0.3, -0.25) is 4.79 Å². The Kier molecular flexibility index (Phi) is 6.50. The fraction of sp³-hybridized carbons (Fsp3) is 0.269. The van der Waals surface area contributed by atoms with Gasteiger partial charge in [-0.1, -0.05) is 29.3 Å². The first kappa shape index (κ1) is 25.9. The molecule has 2 aromatic carbocycles. The Morgan fingerprint density at radius 1 is 1.08 bits per heavy atom. The highest BCUT2D eigenvalue weighted by atomic mass is 35.5. The molecule has 0 bridgehead atoms. The minimum absolute atomic E-state index is 0.0584. The van der Waals surface area contributed by atoms with Crippen LogP contribution in [0.4, 0.5) is 23.1 Å². The molecule has 3 N–H and O–H groups in total. The lowest BCUT2D eigenvalue weighted by Gasteiger charge is -2.22. The van der Waals surface area contributed by atoms with E-state index in [0.29, 0.717) is 17.6 Å². The predicted octanol–water partition coefficient (Wildman–Crippen LogP) is 3.99. The van der Waals surface area contributed by atoms with Crippen molar-refractivity contribution in [2.45, 2.75) is 19.3 Å². The van der Waals surface area contributed by atoms with Crippen LogP contribution in [0, 0.1) is 0 Å². The van der Waals surface area contributed by atoms with E-state index in [1.165, 1.54) is 6.20 Å². The molecular weight excluding hydrogens is 527 g/mol. The van der Waals surface area contributed by atoms with Crippen LogP contribution in [-0.4, -0.2) is 57.5 Å². The van der Waals surface area contributed by atoms with Gasteiger partial charge in [-0.15, -0.1) is 0 Å². The van der Waals surface area contributed by atoms with Crippen molar-refractivity contribution in [2.24, 2.45) is 0 Å². The number of hydrogen-bond acceptors (Lipinski definition) is 8. The van der Waals surface area contributed by atoms with Gasteiger partial charge >= 0.3 is 5.69 Å². The molecule has 0 aliphatic carbocycles. The Labute approximate surface area is 229 Å². The van der Waals surface area contributed by atoms with Crippen LogP contribution in [0.5, 0.6) is 0 Å². The number of anilines is 4. The Morgan fingerprint density at radius 3 is 2.47 bits per heavy atom. The molecule has 0 saturated carbocycles. The molecule has 0 unspecified atom stereocenters. The van der Waals surface area contributed by atoms with Gasteiger partial charge in [0.1, 0.15) is 5.82 Å². The maximum Gasteiger partial charge on any atom is 0.355 e. The number of fused-ring (bicyclic) bond motifs is 2. The number of nitrogen functional groups attached to an aromatic ring is 1. The van der Waals surface area contributed by atoms with Gasteiger partial charge in [0.05, 0.1) is 26.5 Å². The maximum absolute atomic E-state index is 13.1. The molecule has 0 spiro atoms. The SMILES string of the molecule is CN(C)CCN1C(=O)C(C)(C)c2cc(Nc3ncc4c(N)n(-c5c(Cl)cccc5Cl)c(=O)nc4n3)ccc21. The van der Waals surface area contributed by atoms with E-state index in [1.807, 2.05) is 55.9 Å². The standard InChI is InChI=1S/C26H26Cl2N8O2/c1-26(2)16-12-14(8-9-19(16)35(23(26)37)11-10-34(3)4)31-24-30-13-15-21(29)36(25(38)33-22(15)32-24)20-17(27)6-5-7-18(20)28/h5-9,12-13H,10-11,29H2,1-4H3,(H,31,32,33,38). The summed E-state index contributed by atoms with van der Waals surface area (Å²) >= 11 is 12.6. The number of nitrogens with one attached hydrogen (secondary N) is 1. The van der Waals surface area contributed by atoms with Gasteiger partial charge < -0.3 is 20.9 Å². The van der Waals surface area contributed by atoms with Crippen molar-refractivity contribution in [2.75, 3.05) is 43.1 Å². The Balaban J connectivity index is 1.49. The first-order valence-corrected chi connectivity index (χ1v) is 12.6. The minimum atomic E-state index is -0.676. The molecule has 1 aliphatic heterocycles. The van der Waals surface area contributed by atoms with Crippen LogP contribution in [0.3, 0.4) is 0 Å². The minimum Gasteiger partial charge on any atom is -0.384 e. The highest BCUT2D eigenvalue weighted by Gasteiger charge is 2.43. The number of para-hydroxylation sites is 1. The predicted molar refractivity (Wildman–Crippen MR) is 151 cm³/mol. The molecule has 5 rings (SSSR count). The van der Waals surface area contributed by atoms with E-state index >= 15 is 0 Å². The topological polar surface area (TPSA) is 122 Å². The number of halogens is 2. The van der Waals surface area contributed by atoms with Crippen molar-refractivity contribution in [3.05, 3.63) is 68.7 Å². The smallest absolute Gasteiger partial charge is 0.355 e. The van der Waals surface area contributed by atoms with E-state index in [4.69, 9.17) is 28.9 Å². The fourth-order valence-corrected chi connectivity index (χ4v) is 5.11. The summed E-state index contributed by atoms with van der Waals surface area (Å²) in [4.78, 5) is 42.8. The molecule has 1 aliphatic rings. The van der Waals surface area contributed by atoms with Crippen molar-refractivity contribution < 1.29 is 4.79 Å². The zero-order chi connectivity index (χ0) is 27.4. The normalized spacial score (nSPS) is 14.4. The summed E-state index contributed by atoms with van der Waals surface area (Å²) in [6, 6.07) is 10.6. The van der Waals surface area contributed by atoms with E-state index < -0.39 is 11.1 Å². The Hall–Kier alpha value is -3.73. The highest BCUT2D eigenvalue weighted by molar-refractivity contribution is 6.37. The number of aromatic nitrogens is 4. The Bertz CT molecular complexity index is 1630. The molecule has 196 valence electrons. The second-order valence-electron chi connectivity index (χ2n) is 9.86. The molecule has 0 radical (unpaired) electrons. The summed E-state index contributed by atoms with van der Waals surface area (Å²) in [5.41, 5.74) is 7.83. The number of likely N-dealkylation sites (N-methyl/N-ethyl adjacent to an activating group) is 1. The molecule has 12 heteroatoms. The van der Waals surface area contributed by atoms with E-state index in [1.54, 1.807) is 18.2 Å². The highest BCUT2D eigenvalue weighted by Crippen LogP contribution is 2.43. The third-order valence-corrected chi connectivity index (χ3v) is 7.22. The van der Waals surface area contributed by atoms with Crippen LogP contribution in [0.2, 0.25) is 10.0 Å². The van der Waals surface area contributed by atoms with Gasteiger partial charge in [-0.05, 0) is 63.8 Å².